The molecule has 0 bridgehead atoms. The van der Waals surface area contributed by atoms with Crippen LogP contribution in [-0.4, -0.2) is 28.4 Å². The highest BCUT2D eigenvalue weighted by Gasteiger charge is 2.25. The highest BCUT2D eigenvalue weighted by Crippen LogP contribution is 2.32. The Morgan fingerprint density at radius 2 is 1.39 bits per heavy atom. The van der Waals surface area contributed by atoms with Crippen molar-refractivity contribution in [2.45, 2.75) is 4.90 Å². The van der Waals surface area contributed by atoms with Gasteiger partial charge in [0.1, 0.15) is 0 Å². The van der Waals surface area contributed by atoms with E-state index in [4.69, 9.17) is 10.1 Å². The molecule has 0 amide bonds. The van der Waals surface area contributed by atoms with Crippen LogP contribution in [-0.2, 0) is 10.0 Å². The van der Waals surface area contributed by atoms with E-state index in [2.05, 4.69) is 15.9 Å². The van der Waals surface area contributed by atoms with Crippen molar-refractivity contribution in [3.05, 3.63) is 136 Å². The molecule has 202 valence electrons. The van der Waals surface area contributed by atoms with Gasteiger partial charge in [0.2, 0.25) is 10.0 Å². The Bertz CT molecular complexity index is 2090. The monoisotopic (exact) mass is 624 g/mol. The summed E-state index contributed by atoms with van der Waals surface area (Å²) in [6, 6.07) is 31.0. The van der Waals surface area contributed by atoms with E-state index < -0.39 is 21.5 Å². The summed E-state index contributed by atoms with van der Waals surface area (Å²) in [6.07, 6.45) is 1.76. The van der Waals surface area contributed by atoms with Crippen molar-refractivity contribution in [1.82, 2.24) is 14.1 Å². The fourth-order valence-electron chi connectivity index (χ4n) is 4.70. The molecule has 0 atom stereocenters. The van der Waals surface area contributed by atoms with Gasteiger partial charge >= 0.3 is 0 Å². The Labute approximate surface area is 243 Å². The first-order valence-corrected chi connectivity index (χ1v) is 14.8. The lowest BCUT2D eigenvalue weighted by Gasteiger charge is -2.13. The van der Waals surface area contributed by atoms with Crippen LogP contribution in [0.25, 0.3) is 39.2 Å². The lowest BCUT2D eigenvalue weighted by Crippen LogP contribution is -2.30. The summed E-state index contributed by atoms with van der Waals surface area (Å²) in [5.41, 5.74) is 2.57. The van der Waals surface area contributed by atoms with Gasteiger partial charge in [-0.25, -0.2) is 23.1 Å². The first-order valence-electron chi connectivity index (χ1n) is 12.4. The van der Waals surface area contributed by atoms with Gasteiger partial charge < -0.3 is 4.57 Å². The van der Waals surface area contributed by atoms with Gasteiger partial charge in [-0.2, -0.15) is 0 Å². The fraction of sp³-hybridized carbons (Fsp3) is 0. The van der Waals surface area contributed by atoms with E-state index in [1.165, 1.54) is 12.1 Å². The molecule has 0 saturated carbocycles. The van der Waals surface area contributed by atoms with Gasteiger partial charge in [-0.1, -0.05) is 76.6 Å². The maximum Gasteiger partial charge on any atom is 0.271 e. The number of benzene rings is 4. The van der Waals surface area contributed by atoms with Gasteiger partial charge in [-0.3, -0.25) is 9.59 Å². The number of carbonyl (C=O) groups excluding carboxylic acids is 1. The number of primary sulfonamides is 1. The van der Waals surface area contributed by atoms with Crippen molar-refractivity contribution in [1.29, 1.82) is 0 Å². The molecule has 6 rings (SSSR count). The Kier molecular flexibility index (Phi) is 6.74. The van der Waals surface area contributed by atoms with Gasteiger partial charge in [0.15, 0.2) is 11.5 Å². The van der Waals surface area contributed by atoms with Crippen LogP contribution in [0.3, 0.4) is 0 Å². The van der Waals surface area contributed by atoms with E-state index >= 15 is 0 Å². The van der Waals surface area contributed by atoms with Crippen molar-refractivity contribution in [3.8, 4) is 28.2 Å². The van der Waals surface area contributed by atoms with Gasteiger partial charge in [-0.15, -0.1) is 0 Å². The molecule has 4 aromatic carbocycles. The molecule has 2 heterocycles. The smallest absolute Gasteiger partial charge is 0.271 e. The molecule has 0 radical (unpaired) electrons. The Balaban J connectivity index is 1.71. The number of carbonyl (C=O) groups is 1. The zero-order valence-corrected chi connectivity index (χ0v) is 23.7. The number of nitrogens with two attached hydrogens (primary N) is 1. The first-order chi connectivity index (χ1) is 19.7. The molecule has 0 spiro atoms. The van der Waals surface area contributed by atoms with Crippen LogP contribution >= 0.6 is 15.9 Å². The second-order valence-electron chi connectivity index (χ2n) is 9.27. The third-order valence-electron chi connectivity index (χ3n) is 6.67. The molecule has 41 heavy (non-hydrogen) atoms. The third kappa shape index (κ3) is 4.93. The van der Waals surface area contributed by atoms with E-state index in [1.807, 2.05) is 30.3 Å². The number of rotatable bonds is 5. The topological polar surface area (TPSA) is 117 Å². The van der Waals surface area contributed by atoms with Gasteiger partial charge in [0, 0.05) is 33.0 Å². The molecular weight excluding hydrogens is 604 g/mol. The molecule has 10 heteroatoms. The second kappa shape index (κ2) is 10.4. The normalized spacial score (nSPS) is 11.6. The molecule has 0 saturated heterocycles. The number of nitrogens with zero attached hydrogens (tertiary/aromatic N) is 3. The van der Waals surface area contributed by atoms with E-state index in [0.717, 1.165) is 14.6 Å². The molecule has 8 nitrogen and oxygen atoms in total. The molecule has 0 aliphatic heterocycles. The van der Waals surface area contributed by atoms with E-state index in [1.54, 1.807) is 77.5 Å². The lowest BCUT2D eigenvalue weighted by molar-refractivity contribution is 0.0957. The maximum absolute atomic E-state index is 14.4. The molecular formula is C31H21BrN4O4S. The Hall–Kier alpha value is -4.64. The zero-order valence-electron chi connectivity index (χ0n) is 21.3. The van der Waals surface area contributed by atoms with Crippen LogP contribution in [0, 0.1) is 0 Å². The average Bonchev–Trinajstić information content (AvgIpc) is 3.37. The van der Waals surface area contributed by atoms with Crippen molar-refractivity contribution < 1.29 is 13.2 Å². The van der Waals surface area contributed by atoms with Crippen LogP contribution < -0.4 is 10.7 Å². The first kappa shape index (κ1) is 26.6. The number of hydrogen-bond donors (Lipinski definition) is 1. The summed E-state index contributed by atoms with van der Waals surface area (Å²) in [5.74, 6) is -0.323. The molecule has 0 aliphatic rings. The number of halogens is 1. The van der Waals surface area contributed by atoms with Crippen molar-refractivity contribution >= 4 is 42.9 Å². The molecule has 0 aliphatic carbocycles. The predicted octanol–water partition coefficient (Wildman–Crippen LogP) is 5.62. The summed E-state index contributed by atoms with van der Waals surface area (Å²) in [5, 5.41) is 5.54. The quantitative estimate of drug-likeness (QED) is 0.267. The molecule has 0 unspecified atom stereocenters. The third-order valence-corrected chi connectivity index (χ3v) is 8.13. The Morgan fingerprint density at radius 1 is 0.780 bits per heavy atom. The number of sulfonamides is 1. The standard InChI is InChI=1S/C31H21BrN4O4S/c32-23-13-11-20(12-14-23)26-19-35(24-15-17-25(18-16-24)41(33,39)40)29-27(26)31(38)36(30(37)22-9-5-2-6-10-22)28(34-29)21-7-3-1-4-8-21/h1-19H,(H2,33,39,40). The summed E-state index contributed by atoms with van der Waals surface area (Å²) in [7, 11) is -3.90. The highest BCUT2D eigenvalue weighted by atomic mass is 79.9. The fourth-order valence-corrected chi connectivity index (χ4v) is 5.48. The largest absolute Gasteiger partial charge is 0.300 e. The van der Waals surface area contributed by atoms with Crippen LogP contribution in [0.4, 0.5) is 0 Å². The minimum Gasteiger partial charge on any atom is -0.300 e. The maximum atomic E-state index is 14.4. The number of hydrogen-bond acceptors (Lipinski definition) is 5. The molecule has 2 N–H and O–H groups in total. The minimum absolute atomic E-state index is 0.0420. The molecule has 0 fully saturated rings. The summed E-state index contributed by atoms with van der Waals surface area (Å²) in [6.45, 7) is 0. The van der Waals surface area contributed by atoms with Crippen LogP contribution in [0.2, 0.25) is 0 Å². The van der Waals surface area contributed by atoms with E-state index in [-0.39, 0.29) is 16.1 Å². The average molecular weight is 626 g/mol. The van der Waals surface area contributed by atoms with Crippen LogP contribution in [0.5, 0.6) is 0 Å². The van der Waals surface area contributed by atoms with Crippen LogP contribution in [0.1, 0.15) is 10.4 Å². The lowest BCUT2D eigenvalue weighted by atomic mass is 10.1. The second-order valence-corrected chi connectivity index (χ2v) is 11.7. The van der Waals surface area contributed by atoms with Gasteiger partial charge in [0.25, 0.3) is 11.5 Å². The molecule has 6 aromatic rings. The van der Waals surface area contributed by atoms with E-state index in [0.29, 0.717) is 28.0 Å². The van der Waals surface area contributed by atoms with Gasteiger partial charge in [-0.05, 0) is 54.1 Å². The number of fused-ring (bicyclic) bond motifs is 1. The summed E-state index contributed by atoms with van der Waals surface area (Å²) in [4.78, 5) is 33.1. The minimum atomic E-state index is -3.90. The van der Waals surface area contributed by atoms with Crippen LogP contribution in [0.15, 0.2) is 130 Å². The van der Waals surface area contributed by atoms with Crippen molar-refractivity contribution in [2.75, 3.05) is 0 Å². The van der Waals surface area contributed by atoms with Crippen molar-refractivity contribution in [3.63, 3.8) is 0 Å². The highest BCUT2D eigenvalue weighted by molar-refractivity contribution is 9.10. The van der Waals surface area contributed by atoms with Crippen molar-refractivity contribution in [2.24, 2.45) is 5.14 Å². The summed E-state index contributed by atoms with van der Waals surface area (Å²) >= 11 is 3.45. The predicted molar refractivity (Wildman–Crippen MR) is 161 cm³/mol. The zero-order chi connectivity index (χ0) is 28.7. The summed E-state index contributed by atoms with van der Waals surface area (Å²) < 4.78 is 27.4. The SMILES string of the molecule is NS(=O)(=O)c1ccc(-n2cc(-c3ccc(Br)cc3)c3c(=O)n(C(=O)c4ccccc4)c(-c4ccccc4)nc32)cc1. The number of aromatic nitrogens is 3. The molecule has 2 aromatic heterocycles. The van der Waals surface area contributed by atoms with E-state index in [9.17, 15) is 18.0 Å². The Morgan fingerprint density at radius 3 is 2.00 bits per heavy atom. The van der Waals surface area contributed by atoms with Gasteiger partial charge in [0.05, 0.1) is 10.3 Å².